The number of benzene rings is 2. The Morgan fingerprint density at radius 1 is 1.00 bits per heavy atom. The highest BCUT2D eigenvalue weighted by molar-refractivity contribution is 5.72. The van der Waals surface area contributed by atoms with Gasteiger partial charge in [-0.05, 0) is 62.2 Å². The fourth-order valence-electron chi connectivity index (χ4n) is 3.27. The predicted molar refractivity (Wildman–Crippen MR) is 101 cm³/mol. The molecule has 1 unspecified atom stereocenters. The molecule has 3 aromatic rings. The fourth-order valence-corrected chi connectivity index (χ4v) is 3.27. The van der Waals surface area contributed by atoms with Crippen LogP contribution in [0.5, 0.6) is 17.6 Å². The molecule has 2 heterocycles. The summed E-state index contributed by atoms with van der Waals surface area (Å²) in [5.74, 6) is 1.53. The third kappa shape index (κ3) is 4.35. The molecule has 1 aliphatic rings. The molecule has 0 spiro atoms. The van der Waals surface area contributed by atoms with E-state index in [0.29, 0.717) is 11.8 Å². The van der Waals surface area contributed by atoms with Crippen molar-refractivity contribution in [3.8, 4) is 17.6 Å². The third-order valence-corrected chi connectivity index (χ3v) is 4.70. The topological polar surface area (TPSA) is 56.5 Å². The summed E-state index contributed by atoms with van der Waals surface area (Å²) in [5.41, 5.74) is 1.50. The molecule has 1 fully saturated rings. The molecule has 136 valence electrons. The van der Waals surface area contributed by atoms with E-state index in [1.54, 1.807) is 0 Å². The normalized spacial score (nSPS) is 17.8. The van der Waals surface area contributed by atoms with Gasteiger partial charge in [0.25, 0.3) is 0 Å². The van der Waals surface area contributed by atoms with Gasteiger partial charge in [-0.25, -0.2) is 0 Å². The van der Waals surface area contributed by atoms with Gasteiger partial charge in [0.05, 0.1) is 6.61 Å². The zero-order valence-corrected chi connectivity index (χ0v) is 14.8. The number of rotatable bonds is 6. The average Bonchev–Trinajstić information content (AvgIpc) is 2.89. The number of nitrogens with zero attached hydrogens (tertiary/aromatic N) is 1. The number of para-hydroxylation sites is 2. The molecule has 0 amide bonds. The molecule has 1 aromatic heterocycles. The van der Waals surface area contributed by atoms with Gasteiger partial charge in [0, 0.05) is 6.04 Å². The molecular weight excluding hydrogens is 328 g/mol. The smallest absolute Gasteiger partial charge is 0.400 e. The van der Waals surface area contributed by atoms with Gasteiger partial charge in [-0.2, -0.15) is 4.98 Å². The lowest BCUT2D eigenvalue weighted by atomic mass is 10.1. The van der Waals surface area contributed by atoms with Crippen LogP contribution in [-0.2, 0) is 0 Å². The Labute approximate surface area is 153 Å². The Morgan fingerprint density at radius 3 is 2.73 bits per heavy atom. The maximum atomic E-state index is 5.87. The van der Waals surface area contributed by atoms with Gasteiger partial charge in [0.1, 0.15) is 17.0 Å². The minimum absolute atomic E-state index is 0.249. The van der Waals surface area contributed by atoms with E-state index in [-0.39, 0.29) is 6.08 Å². The zero-order chi connectivity index (χ0) is 17.6. The minimum Gasteiger partial charge on any atom is -0.494 e. The highest BCUT2D eigenvalue weighted by atomic mass is 16.6. The van der Waals surface area contributed by atoms with E-state index < -0.39 is 0 Å². The molecule has 5 nitrogen and oxygen atoms in total. The molecule has 1 saturated heterocycles. The Kier molecular flexibility index (Phi) is 5.36. The van der Waals surface area contributed by atoms with Crippen molar-refractivity contribution in [2.45, 2.75) is 38.1 Å². The molecule has 2 aromatic carbocycles. The highest BCUT2D eigenvalue weighted by Crippen LogP contribution is 2.26. The second-order valence-corrected chi connectivity index (χ2v) is 6.66. The number of nitrogens with one attached hydrogen (secondary N) is 1. The molecule has 1 aliphatic heterocycles. The van der Waals surface area contributed by atoms with Gasteiger partial charge in [-0.1, -0.05) is 25.0 Å². The summed E-state index contributed by atoms with van der Waals surface area (Å²) in [6.07, 6.45) is 6.49. The van der Waals surface area contributed by atoms with Crippen molar-refractivity contribution in [1.82, 2.24) is 10.3 Å². The molecule has 4 rings (SSSR count). The SMILES string of the molecule is c1ccc2oc(Oc3ccc(OCCC4CCCCCN4)cc3)nc2c1. The number of hydrogen-bond acceptors (Lipinski definition) is 5. The molecule has 0 saturated carbocycles. The van der Waals surface area contributed by atoms with Gasteiger partial charge in [-0.15, -0.1) is 0 Å². The fraction of sp³-hybridized carbons (Fsp3) is 0.381. The van der Waals surface area contributed by atoms with E-state index in [1.807, 2.05) is 48.5 Å². The van der Waals surface area contributed by atoms with Crippen molar-refractivity contribution in [2.24, 2.45) is 0 Å². The van der Waals surface area contributed by atoms with E-state index in [0.717, 1.165) is 36.4 Å². The summed E-state index contributed by atoms with van der Waals surface area (Å²) in [7, 11) is 0. The van der Waals surface area contributed by atoms with E-state index in [2.05, 4.69) is 10.3 Å². The molecular formula is C21H24N2O3. The van der Waals surface area contributed by atoms with Gasteiger partial charge in [0.15, 0.2) is 5.58 Å². The van der Waals surface area contributed by atoms with Crippen LogP contribution in [-0.4, -0.2) is 24.2 Å². The quantitative estimate of drug-likeness (QED) is 0.682. The summed E-state index contributed by atoms with van der Waals surface area (Å²) < 4.78 is 17.1. The summed E-state index contributed by atoms with van der Waals surface area (Å²) in [6, 6.07) is 15.7. The van der Waals surface area contributed by atoms with Crippen LogP contribution in [0.3, 0.4) is 0 Å². The number of ether oxygens (including phenoxy) is 2. The maximum absolute atomic E-state index is 5.87. The number of oxazole rings is 1. The van der Waals surface area contributed by atoms with Crippen molar-refractivity contribution in [2.75, 3.05) is 13.2 Å². The summed E-state index contributed by atoms with van der Waals surface area (Å²) in [5, 5.41) is 3.60. The zero-order valence-electron chi connectivity index (χ0n) is 14.8. The van der Waals surface area contributed by atoms with E-state index in [1.165, 1.54) is 25.7 Å². The van der Waals surface area contributed by atoms with Crippen LogP contribution in [0.4, 0.5) is 0 Å². The van der Waals surface area contributed by atoms with Crippen LogP contribution in [0.1, 0.15) is 32.1 Å². The number of fused-ring (bicyclic) bond motifs is 1. The van der Waals surface area contributed by atoms with E-state index >= 15 is 0 Å². The van der Waals surface area contributed by atoms with Gasteiger partial charge >= 0.3 is 6.08 Å². The Morgan fingerprint density at radius 2 is 1.85 bits per heavy atom. The molecule has 0 bridgehead atoms. The van der Waals surface area contributed by atoms with E-state index in [9.17, 15) is 0 Å². The lowest BCUT2D eigenvalue weighted by molar-refractivity contribution is 0.282. The van der Waals surface area contributed by atoms with Crippen LogP contribution >= 0.6 is 0 Å². The molecule has 1 atom stereocenters. The first-order valence-electron chi connectivity index (χ1n) is 9.36. The Hall–Kier alpha value is -2.53. The van der Waals surface area contributed by atoms with Crippen molar-refractivity contribution in [1.29, 1.82) is 0 Å². The third-order valence-electron chi connectivity index (χ3n) is 4.70. The summed E-state index contributed by atoms with van der Waals surface area (Å²) in [4.78, 5) is 4.31. The number of hydrogen-bond donors (Lipinski definition) is 1. The molecule has 26 heavy (non-hydrogen) atoms. The van der Waals surface area contributed by atoms with Gasteiger partial charge in [-0.3, -0.25) is 0 Å². The van der Waals surface area contributed by atoms with Crippen molar-refractivity contribution in [3.63, 3.8) is 0 Å². The van der Waals surface area contributed by atoms with Crippen LogP contribution in [0.2, 0.25) is 0 Å². The van der Waals surface area contributed by atoms with Crippen LogP contribution in [0.25, 0.3) is 11.1 Å². The first kappa shape index (κ1) is 16.9. The molecule has 0 aliphatic carbocycles. The van der Waals surface area contributed by atoms with Crippen molar-refractivity contribution < 1.29 is 13.9 Å². The first-order valence-corrected chi connectivity index (χ1v) is 9.36. The predicted octanol–water partition coefficient (Wildman–Crippen LogP) is 4.92. The Bertz CT molecular complexity index is 788. The first-order chi connectivity index (χ1) is 12.9. The summed E-state index contributed by atoms with van der Waals surface area (Å²) >= 11 is 0. The lowest BCUT2D eigenvalue weighted by Crippen LogP contribution is -2.29. The molecule has 1 N–H and O–H groups in total. The summed E-state index contributed by atoms with van der Waals surface area (Å²) in [6.45, 7) is 1.86. The van der Waals surface area contributed by atoms with Crippen LogP contribution in [0.15, 0.2) is 52.9 Å². The average molecular weight is 352 g/mol. The molecule has 5 heteroatoms. The van der Waals surface area contributed by atoms with Gasteiger partial charge in [0.2, 0.25) is 0 Å². The van der Waals surface area contributed by atoms with Gasteiger partial charge < -0.3 is 19.2 Å². The second kappa shape index (κ2) is 8.23. The number of aromatic nitrogens is 1. The Balaban J connectivity index is 1.29. The monoisotopic (exact) mass is 352 g/mol. The van der Waals surface area contributed by atoms with Crippen molar-refractivity contribution >= 4 is 11.1 Å². The lowest BCUT2D eigenvalue weighted by Gasteiger charge is -2.16. The molecule has 0 radical (unpaired) electrons. The van der Waals surface area contributed by atoms with Crippen LogP contribution < -0.4 is 14.8 Å². The standard InChI is InChI=1S/C21H24N2O3/c1-2-6-16(22-14-5-1)13-15-24-17-9-11-18(12-10-17)25-21-23-19-7-3-4-8-20(19)26-21/h3-4,7-12,16,22H,1-2,5-6,13-15H2. The second-order valence-electron chi connectivity index (χ2n) is 6.66. The highest BCUT2D eigenvalue weighted by Gasteiger charge is 2.11. The van der Waals surface area contributed by atoms with Crippen molar-refractivity contribution in [3.05, 3.63) is 48.5 Å². The van der Waals surface area contributed by atoms with E-state index in [4.69, 9.17) is 13.9 Å². The maximum Gasteiger partial charge on any atom is 0.400 e. The minimum atomic E-state index is 0.249. The largest absolute Gasteiger partial charge is 0.494 e. The van der Waals surface area contributed by atoms with Crippen LogP contribution in [0, 0.1) is 0 Å².